The van der Waals surface area contributed by atoms with E-state index >= 15 is 0 Å². The van der Waals surface area contributed by atoms with Crippen LogP contribution in [-0.2, 0) is 0 Å². The molecule has 0 saturated carbocycles. The standard InChI is InChI=1S/C20H22O/c1-2-9-18-13-15-19(16-14-18)10-5-4-8-17-21-20-11-6-3-7-12-20/h2-3,5-7,9-16H,4,8,17H2,1H3/b9-2+,10-5?. The lowest BCUT2D eigenvalue weighted by Gasteiger charge is -2.03. The lowest BCUT2D eigenvalue weighted by atomic mass is 10.1. The van der Waals surface area contributed by atoms with Crippen LogP contribution in [0.2, 0.25) is 0 Å². The number of hydrogen-bond donors (Lipinski definition) is 0. The Hall–Kier alpha value is -2.28. The molecule has 21 heavy (non-hydrogen) atoms. The molecule has 0 spiro atoms. The molecule has 0 aromatic heterocycles. The average Bonchev–Trinajstić information content (AvgIpc) is 2.53. The fourth-order valence-electron chi connectivity index (χ4n) is 2.04. The molecule has 2 rings (SSSR count). The van der Waals surface area contributed by atoms with E-state index in [9.17, 15) is 0 Å². The molecule has 108 valence electrons. The van der Waals surface area contributed by atoms with E-state index in [0.29, 0.717) is 0 Å². The summed E-state index contributed by atoms with van der Waals surface area (Å²) in [4.78, 5) is 0. The highest BCUT2D eigenvalue weighted by Crippen LogP contribution is 2.10. The number of ether oxygens (including phenoxy) is 1. The van der Waals surface area contributed by atoms with Gasteiger partial charge in [0.25, 0.3) is 0 Å². The molecule has 0 N–H and O–H groups in total. The first-order valence-electron chi connectivity index (χ1n) is 7.45. The van der Waals surface area contributed by atoms with E-state index in [1.165, 1.54) is 11.1 Å². The summed E-state index contributed by atoms with van der Waals surface area (Å²) in [6, 6.07) is 18.5. The maximum atomic E-state index is 5.66. The van der Waals surface area contributed by atoms with Crippen molar-refractivity contribution in [1.82, 2.24) is 0 Å². The monoisotopic (exact) mass is 278 g/mol. The Bertz CT molecular complexity index is 565. The van der Waals surface area contributed by atoms with Crippen LogP contribution in [0.3, 0.4) is 0 Å². The Morgan fingerprint density at radius 1 is 0.857 bits per heavy atom. The van der Waals surface area contributed by atoms with E-state index in [4.69, 9.17) is 4.74 Å². The van der Waals surface area contributed by atoms with Gasteiger partial charge >= 0.3 is 0 Å². The maximum absolute atomic E-state index is 5.66. The number of unbranched alkanes of at least 4 members (excludes halogenated alkanes) is 1. The Morgan fingerprint density at radius 3 is 2.19 bits per heavy atom. The van der Waals surface area contributed by atoms with Gasteiger partial charge in [-0.2, -0.15) is 0 Å². The fraction of sp³-hybridized carbons (Fsp3) is 0.200. The zero-order chi connectivity index (χ0) is 14.8. The molecule has 2 aromatic rings. The van der Waals surface area contributed by atoms with Crippen LogP contribution in [0.15, 0.2) is 66.7 Å². The van der Waals surface area contributed by atoms with E-state index in [-0.39, 0.29) is 0 Å². The summed E-state index contributed by atoms with van der Waals surface area (Å²) < 4.78 is 5.66. The molecular weight excluding hydrogens is 256 g/mol. The Kier molecular flexibility index (Phi) is 6.34. The average molecular weight is 278 g/mol. The highest BCUT2D eigenvalue weighted by atomic mass is 16.5. The van der Waals surface area contributed by atoms with Crippen LogP contribution in [0, 0.1) is 0 Å². The zero-order valence-corrected chi connectivity index (χ0v) is 12.5. The maximum Gasteiger partial charge on any atom is 0.119 e. The molecule has 0 atom stereocenters. The van der Waals surface area contributed by atoms with Crippen molar-refractivity contribution in [1.29, 1.82) is 0 Å². The van der Waals surface area contributed by atoms with E-state index in [2.05, 4.69) is 48.6 Å². The molecular formula is C20H22O. The minimum atomic E-state index is 0.759. The quantitative estimate of drug-likeness (QED) is 0.600. The van der Waals surface area contributed by atoms with Crippen molar-refractivity contribution >= 4 is 12.2 Å². The van der Waals surface area contributed by atoms with Gasteiger partial charge in [-0.15, -0.1) is 0 Å². The third-order valence-electron chi connectivity index (χ3n) is 3.13. The SMILES string of the molecule is C/C=C/c1ccc(C=CCCCOc2ccccc2)cc1. The van der Waals surface area contributed by atoms with Crippen LogP contribution >= 0.6 is 0 Å². The molecule has 0 fully saturated rings. The first kappa shape index (κ1) is 15.1. The van der Waals surface area contributed by atoms with Crippen LogP contribution in [0.1, 0.15) is 30.9 Å². The summed E-state index contributed by atoms with van der Waals surface area (Å²) in [5.74, 6) is 0.945. The van der Waals surface area contributed by atoms with E-state index in [1.807, 2.05) is 37.3 Å². The van der Waals surface area contributed by atoms with Gasteiger partial charge in [0.05, 0.1) is 6.61 Å². The summed E-state index contributed by atoms with van der Waals surface area (Å²) in [5, 5.41) is 0. The number of rotatable bonds is 7. The second-order valence-corrected chi connectivity index (χ2v) is 4.87. The summed E-state index contributed by atoms with van der Waals surface area (Å²) >= 11 is 0. The van der Waals surface area contributed by atoms with Crippen LogP contribution in [0.5, 0.6) is 5.75 Å². The van der Waals surface area contributed by atoms with Crippen LogP contribution in [0.25, 0.3) is 12.2 Å². The highest BCUT2D eigenvalue weighted by Gasteiger charge is 1.91. The molecule has 0 aliphatic heterocycles. The Morgan fingerprint density at radius 2 is 1.52 bits per heavy atom. The zero-order valence-electron chi connectivity index (χ0n) is 12.5. The molecule has 2 aromatic carbocycles. The largest absolute Gasteiger partial charge is 0.494 e. The molecule has 0 aliphatic rings. The Balaban J connectivity index is 1.68. The summed E-state index contributed by atoms with van der Waals surface area (Å²) in [6.45, 7) is 2.79. The molecule has 0 unspecified atom stereocenters. The number of benzene rings is 2. The van der Waals surface area contributed by atoms with Crippen molar-refractivity contribution in [3.05, 3.63) is 77.9 Å². The molecule has 1 nitrogen and oxygen atoms in total. The van der Waals surface area contributed by atoms with Crippen molar-refractivity contribution < 1.29 is 4.74 Å². The first-order valence-corrected chi connectivity index (χ1v) is 7.45. The minimum Gasteiger partial charge on any atom is -0.494 e. The second-order valence-electron chi connectivity index (χ2n) is 4.87. The predicted octanol–water partition coefficient (Wildman–Crippen LogP) is 5.59. The van der Waals surface area contributed by atoms with E-state index < -0.39 is 0 Å². The van der Waals surface area contributed by atoms with Gasteiger partial charge in [0.1, 0.15) is 5.75 Å². The third-order valence-corrected chi connectivity index (χ3v) is 3.13. The number of allylic oxidation sites excluding steroid dienone is 2. The topological polar surface area (TPSA) is 9.23 Å². The molecule has 0 aliphatic carbocycles. The molecule has 0 radical (unpaired) electrons. The second kappa shape index (κ2) is 8.80. The molecule has 0 bridgehead atoms. The van der Waals surface area contributed by atoms with Crippen LogP contribution < -0.4 is 4.74 Å². The van der Waals surface area contributed by atoms with Crippen LogP contribution in [-0.4, -0.2) is 6.61 Å². The molecule has 1 heteroatoms. The van der Waals surface area contributed by atoms with Crippen molar-refractivity contribution in [2.24, 2.45) is 0 Å². The predicted molar refractivity (Wildman–Crippen MR) is 91.4 cm³/mol. The lowest BCUT2D eigenvalue weighted by Crippen LogP contribution is -1.95. The normalized spacial score (nSPS) is 11.3. The number of para-hydroxylation sites is 1. The van der Waals surface area contributed by atoms with Crippen LogP contribution in [0.4, 0.5) is 0 Å². The van der Waals surface area contributed by atoms with E-state index in [0.717, 1.165) is 25.2 Å². The summed E-state index contributed by atoms with van der Waals surface area (Å²) in [7, 11) is 0. The van der Waals surface area contributed by atoms with Gasteiger partial charge in [-0.05, 0) is 43.0 Å². The molecule has 0 amide bonds. The van der Waals surface area contributed by atoms with Crippen molar-refractivity contribution in [3.63, 3.8) is 0 Å². The van der Waals surface area contributed by atoms with Gasteiger partial charge in [-0.25, -0.2) is 0 Å². The van der Waals surface area contributed by atoms with Gasteiger partial charge < -0.3 is 4.74 Å². The highest BCUT2D eigenvalue weighted by molar-refractivity contribution is 5.55. The van der Waals surface area contributed by atoms with E-state index in [1.54, 1.807) is 0 Å². The first-order chi connectivity index (χ1) is 10.4. The van der Waals surface area contributed by atoms with Crippen molar-refractivity contribution in [3.8, 4) is 5.75 Å². The van der Waals surface area contributed by atoms with Gasteiger partial charge in [-0.3, -0.25) is 0 Å². The van der Waals surface area contributed by atoms with Crippen molar-refractivity contribution in [2.75, 3.05) is 6.61 Å². The number of hydrogen-bond acceptors (Lipinski definition) is 1. The molecule has 0 heterocycles. The van der Waals surface area contributed by atoms with Crippen molar-refractivity contribution in [2.45, 2.75) is 19.8 Å². The van der Waals surface area contributed by atoms with Gasteiger partial charge in [-0.1, -0.05) is 66.8 Å². The lowest BCUT2D eigenvalue weighted by molar-refractivity contribution is 0.312. The van der Waals surface area contributed by atoms with Gasteiger partial charge in [0.15, 0.2) is 0 Å². The molecule has 0 saturated heterocycles. The third kappa shape index (κ3) is 5.70. The van der Waals surface area contributed by atoms with Gasteiger partial charge in [0, 0.05) is 0 Å². The smallest absolute Gasteiger partial charge is 0.119 e. The minimum absolute atomic E-state index is 0.759. The van der Waals surface area contributed by atoms with Gasteiger partial charge in [0.2, 0.25) is 0 Å². The fourth-order valence-corrected chi connectivity index (χ4v) is 2.04. The summed E-state index contributed by atoms with van der Waals surface area (Å²) in [6.07, 6.45) is 10.6. The summed E-state index contributed by atoms with van der Waals surface area (Å²) in [5.41, 5.74) is 2.48. The Labute approximate surface area is 127 Å².